The van der Waals surface area contributed by atoms with Crippen molar-refractivity contribution in [2.24, 2.45) is 0 Å². The summed E-state index contributed by atoms with van der Waals surface area (Å²) >= 11 is 0. The van der Waals surface area contributed by atoms with E-state index >= 15 is 0 Å². The molecule has 0 saturated carbocycles. The molecule has 1 atom stereocenters. The molecule has 0 bridgehead atoms. The van der Waals surface area contributed by atoms with Crippen LogP contribution in [0.5, 0.6) is 0 Å². The van der Waals surface area contributed by atoms with Crippen LogP contribution in [0.15, 0.2) is 54.6 Å². The molecule has 19 heavy (non-hydrogen) atoms. The van der Waals surface area contributed by atoms with Crippen molar-refractivity contribution in [1.82, 2.24) is 5.32 Å². The first-order valence-electron chi connectivity index (χ1n) is 6.24. The van der Waals surface area contributed by atoms with Crippen molar-refractivity contribution >= 4 is 5.91 Å². The normalized spacial score (nSPS) is 11.9. The number of rotatable bonds is 4. The molecule has 98 valence electrons. The first-order valence-corrected chi connectivity index (χ1v) is 6.24. The molecule has 2 aromatic rings. The van der Waals surface area contributed by atoms with Crippen molar-refractivity contribution in [2.75, 3.05) is 0 Å². The number of carbonyl (C=O) groups excluding carboxylic acids is 1. The highest BCUT2D eigenvalue weighted by Crippen LogP contribution is 2.11. The van der Waals surface area contributed by atoms with Gasteiger partial charge in [0.1, 0.15) is 5.82 Å². The van der Waals surface area contributed by atoms with E-state index < -0.39 is 0 Å². The lowest BCUT2D eigenvalue weighted by Crippen LogP contribution is -2.28. The standard InChI is InChI=1S/C16H16FNO/c1-12(14-7-3-2-4-8-14)18-16(19)11-13-6-5-9-15(17)10-13/h2-10,12H,11H2,1H3,(H,18,19)/t12-/m1/s1. The number of nitrogens with one attached hydrogen (secondary N) is 1. The number of amides is 1. The van der Waals surface area contributed by atoms with Gasteiger partial charge in [0.2, 0.25) is 5.91 Å². The molecule has 0 spiro atoms. The molecule has 0 unspecified atom stereocenters. The van der Waals surface area contributed by atoms with Crippen molar-refractivity contribution in [3.63, 3.8) is 0 Å². The van der Waals surface area contributed by atoms with Crippen LogP contribution in [0.3, 0.4) is 0 Å². The van der Waals surface area contributed by atoms with E-state index in [2.05, 4.69) is 5.32 Å². The molecule has 2 nitrogen and oxygen atoms in total. The highest BCUT2D eigenvalue weighted by Gasteiger charge is 2.09. The van der Waals surface area contributed by atoms with Crippen molar-refractivity contribution in [1.29, 1.82) is 0 Å². The van der Waals surface area contributed by atoms with Gasteiger partial charge in [0.15, 0.2) is 0 Å². The topological polar surface area (TPSA) is 29.1 Å². The molecular formula is C16H16FNO. The molecule has 2 aromatic carbocycles. The molecule has 0 aliphatic carbocycles. The van der Waals surface area contributed by atoms with Gasteiger partial charge < -0.3 is 5.32 Å². The fraction of sp³-hybridized carbons (Fsp3) is 0.188. The summed E-state index contributed by atoms with van der Waals surface area (Å²) in [5, 5.41) is 2.90. The molecule has 0 aliphatic heterocycles. The maximum absolute atomic E-state index is 13.0. The van der Waals surface area contributed by atoms with Gasteiger partial charge in [-0.1, -0.05) is 42.5 Å². The molecule has 0 aromatic heterocycles. The van der Waals surface area contributed by atoms with Crippen molar-refractivity contribution in [3.8, 4) is 0 Å². The summed E-state index contributed by atoms with van der Waals surface area (Å²) in [6, 6.07) is 15.8. The molecule has 0 aliphatic rings. The van der Waals surface area contributed by atoms with E-state index in [1.165, 1.54) is 12.1 Å². The second kappa shape index (κ2) is 6.14. The summed E-state index contributed by atoms with van der Waals surface area (Å²) in [6.45, 7) is 1.93. The van der Waals surface area contributed by atoms with E-state index in [9.17, 15) is 9.18 Å². The average Bonchev–Trinajstić information content (AvgIpc) is 2.39. The van der Waals surface area contributed by atoms with Crippen LogP contribution >= 0.6 is 0 Å². The van der Waals surface area contributed by atoms with Gasteiger partial charge in [0.05, 0.1) is 12.5 Å². The Morgan fingerprint density at radius 3 is 2.58 bits per heavy atom. The van der Waals surface area contributed by atoms with E-state index in [1.807, 2.05) is 37.3 Å². The minimum Gasteiger partial charge on any atom is -0.349 e. The van der Waals surface area contributed by atoms with E-state index in [0.717, 1.165) is 5.56 Å². The molecule has 2 rings (SSSR count). The number of hydrogen-bond acceptors (Lipinski definition) is 1. The molecule has 1 amide bonds. The van der Waals surface area contributed by atoms with Crippen LogP contribution in [-0.4, -0.2) is 5.91 Å². The molecule has 0 heterocycles. The fourth-order valence-electron chi connectivity index (χ4n) is 1.95. The van der Waals surface area contributed by atoms with E-state index in [0.29, 0.717) is 5.56 Å². The van der Waals surface area contributed by atoms with Gasteiger partial charge in [-0.2, -0.15) is 0 Å². The Morgan fingerprint density at radius 2 is 1.89 bits per heavy atom. The van der Waals surface area contributed by atoms with Crippen molar-refractivity contribution in [2.45, 2.75) is 19.4 Å². The van der Waals surface area contributed by atoms with Crippen molar-refractivity contribution in [3.05, 3.63) is 71.5 Å². The van der Waals surface area contributed by atoms with Crippen LogP contribution in [-0.2, 0) is 11.2 Å². The maximum atomic E-state index is 13.0. The first kappa shape index (κ1) is 13.3. The van der Waals surface area contributed by atoms with Gasteiger partial charge in [-0.15, -0.1) is 0 Å². The Balaban J connectivity index is 1.95. The van der Waals surface area contributed by atoms with Gasteiger partial charge in [-0.05, 0) is 30.2 Å². The van der Waals surface area contributed by atoms with E-state index in [4.69, 9.17) is 0 Å². The Hall–Kier alpha value is -2.16. The Bertz CT molecular complexity index is 554. The summed E-state index contributed by atoms with van der Waals surface area (Å²) in [4.78, 5) is 11.9. The third-order valence-electron chi connectivity index (χ3n) is 2.93. The van der Waals surface area contributed by atoms with Crippen LogP contribution < -0.4 is 5.32 Å². The van der Waals surface area contributed by atoms with E-state index in [1.54, 1.807) is 12.1 Å². The molecule has 1 N–H and O–H groups in total. The molecule has 0 fully saturated rings. The van der Waals surface area contributed by atoms with Gasteiger partial charge in [0, 0.05) is 0 Å². The summed E-state index contributed by atoms with van der Waals surface area (Å²) in [7, 11) is 0. The maximum Gasteiger partial charge on any atom is 0.224 e. The molecular weight excluding hydrogens is 241 g/mol. The predicted octanol–water partition coefficient (Wildman–Crippen LogP) is 3.25. The monoisotopic (exact) mass is 257 g/mol. The minimum absolute atomic E-state index is 0.0535. The predicted molar refractivity (Wildman–Crippen MR) is 73.1 cm³/mol. The van der Waals surface area contributed by atoms with Crippen LogP contribution in [0, 0.1) is 5.82 Å². The number of hydrogen-bond donors (Lipinski definition) is 1. The van der Waals surface area contributed by atoms with Gasteiger partial charge in [-0.25, -0.2) is 4.39 Å². The minimum atomic E-state index is -0.318. The van der Waals surface area contributed by atoms with Crippen LogP contribution in [0.1, 0.15) is 24.1 Å². The number of benzene rings is 2. The molecule has 0 radical (unpaired) electrons. The third-order valence-corrected chi connectivity index (χ3v) is 2.93. The molecule has 3 heteroatoms. The highest BCUT2D eigenvalue weighted by molar-refractivity contribution is 5.79. The second-order valence-corrected chi connectivity index (χ2v) is 4.51. The van der Waals surface area contributed by atoms with Crippen LogP contribution in [0.25, 0.3) is 0 Å². The lowest BCUT2D eigenvalue weighted by molar-refractivity contribution is -0.121. The summed E-state index contributed by atoms with van der Waals surface area (Å²) < 4.78 is 13.0. The highest BCUT2D eigenvalue weighted by atomic mass is 19.1. The number of carbonyl (C=O) groups is 1. The SMILES string of the molecule is C[C@@H](NC(=O)Cc1cccc(F)c1)c1ccccc1. The second-order valence-electron chi connectivity index (χ2n) is 4.51. The lowest BCUT2D eigenvalue weighted by Gasteiger charge is -2.14. The van der Waals surface area contributed by atoms with Gasteiger partial charge in [-0.3, -0.25) is 4.79 Å². The summed E-state index contributed by atoms with van der Waals surface area (Å²) in [5.74, 6) is -0.427. The lowest BCUT2D eigenvalue weighted by atomic mass is 10.1. The van der Waals surface area contributed by atoms with Gasteiger partial charge in [0.25, 0.3) is 0 Å². The zero-order valence-electron chi connectivity index (χ0n) is 10.8. The van der Waals surface area contributed by atoms with Crippen molar-refractivity contribution < 1.29 is 9.18 Å². The van der Waals surface area contributed by atoms with E-state index in [-0.39, 0.29) is 24.2 Å². The first-order chi connectivity index (χ1) is 9.15. The molecule has 0 saturated heterocycles. The number of halogens is 1. The third kappa shape index (κ3) is 3.91. The Morgan fingerprint density at radius 1 is 1.16 bits per heavy atom. The summed E-state index contributed by atoms with van der Waals surface area (Å²) in [6.07, 6.45) is 0.189. The Labute approximate surface area is 112 Å². The average molecular weight is 257 g/mol. The Kier molecular flexibility index (Phi) is 4.29. The zero-order chi connectivity index (χ0) is 13.7. The summed E-state index contributed by atoms with van der Waals surface area (Å²) in [5.41, 5.74) is 1.73. The quantitative estimate of drug-likeness (QED) is 0.895. The zero-order valence-corrected chi connectivity index (χ0v) is 10.8. The van der Waals surface area contributed by atoms with Gasteiger partial charge >= 0.3 is 0 Å². The fourth-order valence-corrected chi connectivity index (χ4v) is 1.95. The van der Waals surface area contributed by atoms with Crippen LogP contribution in [0.2, 0.25) is 0 Å². The largest absolute Gasteiger partial charge is 0.349 e. The smallest absolute Gasteiger partial charge is 0.224 e. The van der Waals surface area contributed by atoms with Crippen LogP contribution in [0.4, 0.5) is 4.39 Å².